The minimum atomic E-state index is 0.311. The molecule has 0 bridgehead atoms. The summed E-state index contributed by atoms with van der Waals surface area (Å²) < 4.78 is 0. The summed E-state index contributed by atoms with van der Waals surface area (Å²) in [5.74, 6) is 0.311. The van der Waals surface area contributed by atoms with Crippen LogP contribution in [-0.4, -0.2) is 29.9 Å². The summed E-state index contributed by atoms with van der Waals surface area (Å²) in [7, 11) is 0. The van der Waals surface area contributed by atoms with Crippen LogP contribution in [0, 0.1) is 6.92 Å². The first kappa shape index (κ1) is 16.9. The van der Waals surface area contributed by atoms with Crippen LogP contribution in [-0.2, 0) is 11.2 Å². The number of amides is 1. The summed E-state index contributed by atoms with van der Waals surface area (Å²) in [6, 6.07) is 6.85. The zero-order chi connectivity index (χ0) is 15.9. The lowest BCUT2D eigenvalue weighted by molar-refractivity contribution is -0.134. The van der Waals surface area contributed by atoms with E-state index >= 15 is 0 Å². The average Bonchev–Trinajstić information content (AvgIpc) is 2.56. The highest BCUT2D eigenvalue weighted by molar-refractivity contribution is 5.77. The summed E-state index contributed by atoms with van der Waals surface area (Å²) in [5.41, 5.74) is 3.80. The summed E-state index contributed by atoms with van der Waals surface area (Å²) in [6.45, 7) is 8.16. The third-order valence-corrected chi connectivity index (χ3v) is 4.80. The van der Waals surface area contributed by atoms with Crippen molar-refractivity contribution in [1.29, 1.82) is 0 Å². The maximum atomic E-state index is 12.5. The van der Waals surface area contributed by atoms with Gasteiger partial charge in [-0.15, -0.1) is 0 Å². The number of carbonyl (C=O) groups excluding carboxylic acids is 1. The van der Waals surface area contributed by atoms with E-state index in [1.807, 2.05) is 0 Å². The first-order valence-corrected chi connectivity index (χ1v) is 8.79. The van der Waals surface area contributed by atoms with Crippen molar-refractivity contribution in [3.63, 3.8) is 0 Å². The van der Waals surface area contributed by atoms with Gasteiger partial charge in [0.25, 0.3) is 0 Å². The first-order chi connectivity index (χ1) is 10.7. The van der Waals surface area contributed by atoms with Crippen LogP contribution in [0.25, 0.3) is 0 Å². The van der Waals surface area contributed by atoms with E-state index in [4.69, 9.17) is 0 Å². The molecule has 1 aromatic rings. The van der Waals surface area contributed by atoms with E-state index in [1.165, 1.54) is 29.7 Å². The summed E-state index contributed by atoms with van der Waals surface area (Å²) in [5, 5.41) is 3.49. The van der Waals surface area contributed by atoms with E-state index in [2.05, 4.69) is 49.2 Å². The molecule has 1 saturated heterocycles. The van der Waals surface area contributed by atoms with Crippen LogP contribution in [0.15, 0.2) is 18.2 Å². The highest BCUT2D eigenvalue weighted by Crippen LogP contribution is 2.22. The smallest absolute Gasteiger partial charge is 0.224 e. The Bertz CT molecular complexity index is 498. The van der Waals surface area contributed by atoms with Crippen LogP contribution in [0.3, 0.4) is 0 Å². The van der Waals surface area contributed by atoms with Crippen molar-refractivity contribution in [2.45, 2.75) is 65.3 Å². The largest absolute Gasteiger partial charge is 0.384 e. The Morgan fingerprint density at radius 3 is 2.86 bits per heavy atom. The molecule has 1 aliphatic heterocycles. The molecular formula is C19H30N2O. The number of rotatable bonds is 6. The highest BCUT2D eigenvalue weighted by atomic mass is 16.2. The van der Waals surface area contributed by atoms with Crippen LogP contribution in [0.2, 0.25) is 0 Å². The van der Waals surface area contributed by atoms with Crippen LogP contribution in [0.5, 0.6) is 0 Å². The molecule has 1 fully saturated rings. The van der Waals surface area contributed by atoms with Crippen LogP contribution in [0.4, 0.5) is 5.69 Å². The minimum Gasteiger partial charge on any atom is -0.384 e. The van der Waals surface area contributed by atoms with Crippen molar-refractivity contribution in [1.82, 2.24) is 4.90 Å². The third-order valence-electron chi connectivity index (χ3n) is 4.80. The minimum absolute atomic E-state index is 0.311. The van der Waals surface area contributed by atoms with Crippen molar-refractivity contribution >= 4 is 11.6 Å². The molecule has 122 valence electrons. The number of piperidine rings is 1. The van der Waals surface area contributed by atoms with Gasteiger partial charge in [0, 0.05) is 31.2 Å². The number of likely N-dealkylation sites (tertiary alicyclic amines) is 1. The molecule has 0 spiro atoms. The van der Waals surface area contributed by atoms with Crippen molar-refractivity contribution in [2.24, 2.45) is 0 Å². The third kappa shape index (κ3) is 4.02. The molecule has 22 heavy (non-hydrogen) atoms. The van der Waals surface area contributed by atoms with E-state index in [1.54, 1.807) is 0 Å². The van der Waals surface area contributed by atoms with Gasteiger partial charge in [-0.2, -0.15) is 0 Å². The van der Waals surface area contributed by atoms with Crippen molar-refractivity contribution in [3.05, 3.63) is 29.3 Å². The standard InChI is InChI=1S/C19H30N2O/c1-4-16-10-8-9-15(3)19(16)20-13-12-18(22)21-14-7-6-11-17(21)5-2/h8-10,17,20H,4-7,11-14H2,1-3H3. The van der Waals surface area contributed by atoms with Gasteiger partial charge in [0.1, 0.15) is 0 Å². The average molecular weight is 302 g/mol. The normalized spacial score (nSPS) is 18.3. The van der Waals surface area contributed by atoms with Crippen LogP contribution < -0.4 is 5.32 Å². The van der Waals surface area contributed by atoms with Gasteiger partial charge in [-0.05, 0) is 50.2 Å². The molecule has 0 aliphatic carbocycles. The fourth-order valence-electron chi connectivity index (χ4n) is 3.47. The number of para-hydroxylation sites is 1. The Morgan fingerprint density at radius 2 is 2.14 bits per heavy atom. The second-order valence-corrected chi connectivity index (χ2v) is 6.28. The molecule has 1 aliphatic rings. The summed E-state index contributed by atoms with van der Waals surface area (Å²) in [6.07, 6.45) is 6.29. The van der Waals surface area contributed by atoms with Gasteiger partial charge in [-0.1, -0.05) is 32.0 Å². The number of hydrogen-bond donors (Lipinski definition) is 1. The molecule has 1 amide bonds. The lowest BCUT2D eigenvalue weighted by Gasteiger charge is -2.35. The second kappa shape index (κ2) is 8.21. The molecule has 0 aromatic heterocycles. The van der Waals surface area contributed by atoms with Gasteiger partial charge < -0.3 is 10.2 Å². The molecule has 3 nitrogen and oxygen atoms in total. The van der Waals surface area contributed by atoms with E-state index in [0.717, 1.165) is 32.4 Å². The Hall–Kier alpha value is -1.51. The molecular weight excluding hydrogens is 272 g/mol. The number of hydrogen-bond acceptors (Lipinski definition) is 2. The molecule has 1 heterocycles. The monoisotopic (exact) mass is 302 g/mol. The topological polar surface area (TPSA) is 32.3 Å². The second-order valence-electron chi connectivity index (χ2n) is 6.28. The van der Waals surface area contributed by atoms with Gasteiger partial charge in [0.05, 0.1) is 0 Å². The maximum Gasteiger partial charge on any atom is 0.224 e. The number of aryl methyl sites for hydroxylation is 2. The number of anilines is 1. The van der Waals surface area contributed by atoms with E-state index < -0.39 is 0 Å². The quantitative estimate of drug-likeness (QED) is 0.856. The van der Waals surface area contributed by atoms with E-state index in [0.29, 0.717) is 18.4 Å². The van der Waals surface area contributed by atoms with E-state index in [9.17, 15) is 4.79 Å². The van der Waals surface area contributed by atoms with Crippen molar-refractivity contribution < 1.29 is 4.79 Å². The SMILES string of the molecule is CCc1cccc(C)c1NCCC(=O)N1CCCCC1CC. The lowest BCUT2D eigenvalue weighted by Crippen LogP contribution is -2.43. The predicted molar refractivity (Wildman–Crippen MR) is 93.3 cm³/mol. The fraction of sp³-hybridized carbons (Fsp3) is 0.632. The Morgan fingerprint density at radius 1 is 1.32 bits per heavy atom. The lowest BCUT2D eigenvalue weighted by atomic mass is 9.99. The van der Waals surface area contributed by atoms with Crippen molar-refractivity contribution in [2.75, 3.05) is 18.4 Å². The van der Waals surface area contributed by atoms with Gasteiger partial charge in [0.2, 0.25) is 5.91 Å². The zero-order valence-electron chi connectivity index (χ0n) is 14.3. The molecule has 1 aromatic carbocycles. The molecule has 0 saturated carbocycles. The molecule has 0 radical (unpaired) electrons. The van der Waals surface area contributed by atoms with E-state index in [-0.39, 0.29) is 0 Å². The number of carbonyl (C=O) groups is 1. The van der Waals surface area contributed by atoms with Crippen LogP contribution in [0.1, 0.15) is 57.1 Å². The Kier molecular flexibility index (Phi) is 6.29. The Balaban J connectivity index is 1.89. The number of nitrogens with one attached hydrogen (secondary N) is 1. The van der Waals surface area contributed by atoms with Gasteiger partial charge in [0.15, 0.2) is 0 Å². The fourth-order valence-corrected chi connectivity index (χ4v) is 3.47. The first-order valence-electron chi connectivity index (χ1n) is 8.79. The maximum absolute atomic E-state index is 12.5. The molecule has 1 unspecified atom stereocenters. The van der Waals surface area contributed by atoms with Crippen LogP contribution >= 0.6 is 0 Å². The van der Waals surface area contributed by atoms with Crippen molar-refractivity contribution in [3.8, 4) is 0 Å². The van der Waals surface area contributed by atoms with Gasteiger partial charge >= 0.3 is 0 Å². The number of benzene rings is 1. The number of nitrogens with zero attached hydrogens (tertiary/aromatic N) is 1. The van der Waals surface area contributed by atoms with Gasteiger partial charge in [-0.3, -0.25) is 4.79 Å². The summed E-state index contributed by atoms with van der Waals surface area (Å²) >= 11 is 0. The molecule has 1 atom stereocenters. The predicted octanol–water partition coefficient (Wildman–Crippen LogP) is 4.15. The molecule has 2 rings (SSSR count). The zero-order valence-corrected chi connectivity index (χ0v) is 14.3. The Labute approximate surface area is 135 Å². The van der Waals surface area contributed by atoms with Gasteiger partial charge in [-0.25, -0.2) is 0 Å². The molecule has 1 N–H and O–H groups in total. The molecule has 3 heteroatoms. The highest BCUT2D eigenvalue weighted by Gasteiger charge is 2.24. The summed E-state index contributed by atoms with van der Waals surface area (Å²) in [4.78, 5) is 14.6.